The highest BCUT2D eigenvalue weighted by Gasteiger charge is 2.30. The highest BCUT2D eigenvalue weighted by molar-refractivity contribution is 5.27. The number of ether oxygens (including phenoxy) is 1. The summed E-state index contributed by atoms with van der Waals surface area (Å²) < 4.78 is 53.0. The number of halogens is 4. The number of allylic oxidation sites excluding steroid dienone is 4. The minimum absolute atomic E-state index is 0.199. The lowest BCUT2D eigenvalue weighted by Crippen LogP contribution is -2.17. The van der Waals surface area contributed by atoms with Crippen LogP contribution in [-0.4, -0.2) is 6.36 Å². The van der Waals surface area contributed by atoms with Crippen molar-refractivity contribution >= 4 is 0 Å². The van der Waals surface area contributed by atoms with E-state index in [1.807, 2.05) is 6.08 Å². The molecule has 1 saturated carbocycles. The van der Waals surface area contributed by atoms with Gasteiger partial charge in [0.2, 0.25) is 0 Å². The molecule has 0 bridgehead atoms. The first kappa shape index (κ1) is 20.0. The molecule has 0 amide bonds. The monoisotopic (exact) mass is 367 g/mol. The number of alkyl halides is 3. The summed E-state index contributed by atoms with van der Waals surface area (Å²) in [6, 6.07) is 7.47. The average Bonchev–Trinajstić information content (AvgIpc) is 2.61. The molecule has 0 N–H and O–H groups in total. The van der Waals surface area contributed by atoms with Crippen molar-refractivity contribution in [3.8, 4) is 11.8 Å². The van der Waals surface area contributed by atoms with Gasteiger partial charge in [-0.15, -0.1) is 13.2 Å². The van der Waals surface area contributed by atoms with Crippen molar-refractivity contribution in [1.82, 2.24) is 0 Å². The number of nitrogens with zero attached hydrogens (tertiary/aromatic N) is 1. The quantitative estimate of drug-likeness (QED) is 0.338. The maximum atomic E-state index is 12.7. The van der Waals surface area contributed by atoms with E-state index in [4.69, 9.17) is 5.26 Å². The number of hydrogen-bond acceptors (Lipinski definition) is 2. The lowest BCUT2D eigenvalue weighted by molar-refractivity contribution is -0.274. The molecule has 0 radical (unpaired) electrons. The van der Waals surface area contributed by atoms with Gasteiger partial charge >= 0.3 is 6.36 Å². The van der Waals surface area contributed by atoms with Crippen LogP contribution in [0.4, 0.5) is 17.6 Å². The Morgan fingerprint density at radius 2 is 1.81 bits per heavy atom. The van der Waals surface area contributed by atoms with E-state index in [1.165, 1.54) is 24.3 Å². The second-order valence-electron chi connectivity index (χ2n) is 6.52. The van der Waals surface area contributed by atoms with Crippen LogP contribution in [0.2, 0.25) is 0 Å². The molecule has 0 unspecified atom stereocenters. The summed E-state index contributed by atoms with van der Waals surface area (Å²) in [6.07, 6.45) is 6.11. The Labute approximate surface area is 150 Å². The summed E-state index contributed by atoms with van der Waals surface area (Å²) >= 11 is 0. The molecule has 1 aliphatic rings. The number of nitriles is 1. The molecule has 0 aliphatic heterocycles. The van der Waals surface area contributed by atoms with Gasteiger partial charge in [0.15, 0.2) is 5.83 Å². The predicted octanol–water partition coefficient (Wildman–Crippen LogP) is 6.26. The first-order valence-corrected chi connectivity index (χ1v) is 8.64. The third-order valence-corrected chi connectivity index (χ3v) is 4.62. The van der Waals surface area contributed by atoms with Crippen LogP contribution >= 0.6 is 0 Å². The summed E-state index contributed by atoms with van der Waals surface area (Å²) in [7, 11) is 0. The predicted molar refractivity (Wildman–Crippen MR) is 90.8 cm³/mol. The van der Waals surface area contributed by atoms with Gasteiger partial charge in [0.1, 0.15) is 11.8 Å². The number of hydrogen-bond donors (Lipinski definition) is 0. The van der Waals surface area contributed by atoms with Gasteiger partial charge in [0.25, 0.3) is 0 Å². The summed E-state index contributed by atoms with van der Waals surface area (Å²) in [6.45, 7) is 0. The van der Waals surface area contributed by atoms with Gasteiger partial charge < -0.3 is 4.74 Å². The van der Waals surface area contributed by atoms with Crippen LogP contribution in [0.1, 0.15) is 37.7 Å². The molecule has 1 aromatic rings. The smallest absolute Gasteiger partial charge is 0.406 e. The largest absolute Gasteiger partial charge is 0.573 e. The summed E-state index contributed by atoms with van der Waals surface area (Å²) in [4.78, 5) is 0. The summed E-state index contributed by atoms with van der Waals surface area (Å²) in [5.74, 6) is 0.0157. The Morgan fingerprint density at radius 1 is 1.15 bits per heavy atom. The molecular formula is C20H21F4NO. The molecule has 6 heteroatoms. The third-order valence-electron chi connectivity index (χ3n) is 4.62. The van der Waals surface area contributed by atoms with E-state index in [2.05, 4.69) is 4.74 Å². The first-order chi connectivity index (χ1) is 12.4. The zero-order valence-electron chi connectivity index (χ0n) is 14.3. The molecule has 26 heavy (non-hydrogen) atoms. The zero-order chi connectivity index (χ0) is 19.0. The minimum atomic E-state index is -4.66. The van der Waals surface area contributed by atoms with Gasteiger partial charge in [-0.3, -0.25) is 0 Å². The highest BCUT2D eigenvalue weighted by atomic mass is 19.4. The lowest BCUT2D eigenvalue weighted by Gasteiger charge is -2.26. The molecule has 0 aromatic heterocycles. The van der Waals surface area contributed by atoms with E-state index in [1.54, 1.807) is 18.2 Å². The zero-order valence-corrected chi connectivity index (χ0v) is 14.3. The van der Waals surface area contributed by atoms with Crippen molar-refractivity contribution in [2.75, 3.05) is 0 Å². The average molecular weight is 367 g/mol. The second-order valence-corrected chi connectivity index (χ2v) is 6.52. The maximum Gasteiger partial charge on any atom is 0.573 e. The molecule has 0 saturated heterocycles. The normalized spacial score (nSPS) is 21.6. The van der Waals surface area contributed by atoms with Crippen molar-refractivity contribution in [3.05, 3.63) is 53.9 Å². The fourth-order valence-corrected chi connectivity index (χ4v) is 3.23. The van der Waals surface area contributed by atoms with Gasteiger partial charge in [0.05, 0.1) is 0 Å². The number of aryl methyl sites for hydroxylation is 1. The SMILES string of the molecule is N#CC(F)=CC=C[C@H]1CC[C@H](CCc2ccc(OC(F)(F)F)cc2)CC1. The van der Waals surface area contributed by atoms with Crippen molar-refractivity contribution in [1.29, 1.82) is 5.26 Å². The van der Waals surface area contributed by atoms with Crippen LogP contribution < -0.4 is 4.74 Å². The van der Waals surface area contributed by atoms with Crippen LogP contribution in [0.5, 0.6) is 5.75 Å². The van der Waals surface area contributed by atoms with E-state index in [-0.39, 0.29) is 5.75 Å². The Balaban J connectivity index is 1.72. The van der Waals surface area contributed by atoms with Crippen molar-refractivity contribution < 1.29 is 22.3 Å². The number of rotatable bonds is 6. The van der Waals surface area contributed by atoms with Crippen LogP contribution in [0.3, 0.4) is 0 Å². The van der Waals surface area contributed by atoms with Gasteiger partial charge in [-0.05, 0) is 74.1 Å². The second kappa shape index (κ2) is 9.42. The Kier molecular flexibility index (Phi) is 7.26. The van der Waals surface area contributed by atoms with Crippen LogP contribution in [0.15, 0.2) is 48.3 Å². The molecule has 140 valence electrons. The van der Waals surface area contributed by atoms with Gasteiger partial charge in [-0.2, -0.15) is 9.65 Å². The molecule has 1 fully saturated rings. The van der Waals surface area contributed by atoms with E-state index in [9.17, 15) is 17.6 Å². The van der Waals surface area contributed by atoms with Crippen LogP contribution in [0.25, 0.3) is 0 Å². The molecular weight excluding hydrogens is 346 g/mol. The maximum absolute atomic E-state index is 12.7. The van der Waals surface area contributed by atoms with Crippen molar-refractivity contribution in [3.63, 3.8) is 0 Å². The molecule has 2 nitrogen and oxygen atoms in total. The van der Waals surface area contributed by atoms with Crippen LogP contribution in [0, 0.1) is 23.2 Å². The third kappa shape index (κ3) is 7.30. The topological polar surface area (TPSA) is 33.0 Å². The standard InChI is InChI=1S/C20H21F4NO/c21-18(14-25)3-1-2-15-4-6-16(7-5-15)8-9-17-10-12-19(13-11-17)26-20(22,23)24/h1-3,10-13,15-16H,4-9H2/t15-,16-. The fraction of sp³-hybridized carbons (Fsp3) is 0.450. The molecule has 1 aromatic carbocycles. The molecule has 0 atom stereocenters. The van der Waals surface area contributed by atoms with E-state index < -0.39 is 12.2 Å². The summed E-state index contributed by atoms with van der Waals surface area (Å²) in [5.41, 5.74) is 0.999. The Morgan fingerprint density at radius 3 is 2.38 bits per heavy atom. The van der Waals surface area contributed by atoms with Crippen molar-refractivity contribution in [2.45, 2.75) is 44.9 Å². The molecule has 0 spiro atoms. The van der Waals surface area contributed by atoms with E-state index in [0.717, 1.165) is 44.1 Å². The first-order valence-electron chi connectivity index (χ1n) is 8.64. The Hall–Kier alpha value is -2.29. The molecule has 1 aliphatic carbocycles. The van der Waals surface area contributed by atoms with Gasteiger partial charge in [-0.25, -0.2) is 0 Å². The molecule has 0 heterocycles. The van der Waals surface area contributed by atoms with Crippen molar-refractivity contribution in [2.24, 2.45) is 11.8 Å². The summed E-state index contributed by atoms with van der Waals surface area (Å²) in [5, 5.41) is 8.34. The molecule has 2 rings (SSSR count). The Bertz CT molecular complexity index is 663. The number of benzene rings is 1. The fourth-order valence-electron chi connectivity index (χ4n) is 3.23. The van der Waals surface area contributed by atoms with E-state index in [0.29, 0.717) is 11.8 Å². The van der Waals surface area contributed by atoms with Gasteiger partial charge in [-0.1, -0.05) is 24.3 Å². The van der Waals surface area contributed by atoms with Gasteiger partial charge in [0, 0.05) is 0 Å². The highest BCUT2D eigenvalue weighted by Crippen LogP contribution is 2.32. The van der Waals surface area contributed by atoms with E-state index >= 15 is 0 Å². The minimum Gasteiger partial charge on any atom is -0.406 e. The lowest BCUT2D eigenvalue weighted by atomic mass is 9.79. The van der Waals surface area contributed by atoms with Crippen LogP contribution in [-0.2, 0) is 6.42 Å².